The van der Waals surface area contributed by atoms with Crippen molar-refractivity contribution < 1.29 is 23.4 Å². The molecule has 0 radical (unpaired) electrons. The zero-order chi connectivity index (χ0) is 18.7. The average molecular weight is 354 g/mol. The third kappa shape index (κ3) is 3.39. The fraction of sp³-hybridized carbons (Fsp3) is 0.200. The summed E-state index contributed by atoms with van der Waals surface area (Å²) in [7, 11) is 2.82. The highest BCUT2D eigenvalue weighted by Crippen LogP contribution is 2.32. The van der Waals surface area contributed by atoms with Crippen LogP contribution < -0.4 is 14.9 Å². The molecule has 6 nitrogen and oxygen atoms in total. The normalized spacial score (nSPS) is 10.6. The Bertz CT molecular complexity index is 1000. The minimum atomic E-state index is -0.589. The molecule has 0 fully saturated rings. The monoisotopic (exact) mass is 354 g/mol. The molecule has 1 aromatic heterocycles. The number of carbonyl (C=O) groups is 1. The van der Waals surface area contributed by atoms with E-state index in [2.05, 4.69) is 4.74 Å². The topological polar surface area (TPSA) is 75.0 Å². The van der Waals surface area contributed by atoms with Crippen molar-refractivity contribution in [2.75, 3.05) is 20.8 Å². The van der Waals surface area contributed by atoms with E-state index in [1.54, 1.807) is 43.5 Å². The minimum Gasteiger partial charge on any atom is -0.497 e. The van der Waals surface area contributed by atoms with Crippen LogP contribution in [0.2, 0.25) is 0 Å². The minimum absolute atomic E-state index is 0.0306. The second kappa shape index (κ2) is 7.31. The molecule has 3 rings (SSSR count). The first-order chi connectivity index (χ1) is 12.5. The van der Waals surface area contributed by atoms with Gasteiger partial charge in [0, 0.05) is 5.56 Å². The Kier molecular flexibility index (Phi) is 4.93. The highest BCUT2D eigenvalue weighted by Gasteiger charge is 2.19. The van der Waals surface area contributed by atoms with Crippen molar-refractivity contribution in [1.82, 2.24) is 0 Å². The fourth-order valence-electron chi connectivity index (χ4n) is 2.54. The van der Waals surface area contributed by atoms with E-state index < -0.39 is 5.97 Å². The largest absolute Gasteiger partial charge is 0.497 e. The van der Waals surface area contributed by atoms with Gasteiger partial charge in [0.05, 0.1) is 19.6 Å². The van der Waals surface area contributed by atoms with E-state index in [1.807, 2.05) is 13.0 Å². The van der Waals surface area contributed by atoms with Gasteiger partial charge in [0.15, 0.2) is 12.4 Å². The number of esters is 1. The van der Waals surface area contributed by atoms with Crippen molar-refractivity contribution in [1.29, 1.82) is 0 Å². The molecule has 0 N–H and O–H groups in total. The summed E-state index contributed by atoms with van der Waals surface area (Å²) >= 11 is 0. The fourth-order valence-corrected chi connectivity index (χ4v) is 2.54. The number of hydrogen-bond acceptors (Lipinski definition) is 6. The highest BCUT2D eigenvalue weighted by atomic mass is 16.6. The maximum atomic E-state index is 12.9. The smallest absolute Gasteiger partial charge is 0.343 e. The van der Waals surface area contributed by atoms with Crippen molar-refractivity contribution in [3.8, 4) is 22.8 Å². The van der Waals surface area contributed by atoms with Gasteiger partial charge < -0.3 is 18.6 Å². The average Bonchev–Trinajstić information content (AvgIpc) is 2.66. The first-order valence-corrected chi connectivity index (χ1v) is 7.95. The number of hydrogen-bond donors (Lipinski definition) is 0. The van der Waals surface area contributed by atoms with Crippen LogP contribution >= 0.6 is 0 Å². The van der Waals surface area contributed by atoms with Crippen LogP contribution in [-0.2, 0) is 9.53 Å². The van der Waals surface area contributed by atoms with E-state index in [9.17, 15) is 9.59 Å². The lowest BCUT2D eigenvalue weighted by molar-refractivity contribution is -0.142. The maximum absolute atomic E-state index is 12.9. The van der Waals surface area contributed by atoms with Crippen LogP contribution in [0.4, 0.5) is 0 Å². The first kappa shape index (κ1) is 17.5. The molecule has 0 saturated heterocycles. The van der Waals surface area contributed by atoms with Gasteiger partial charge >= 0.3 is 5.97 Å². The molecule has 2 aromatic carbocycles. The molecule has 1 heterocycles. The number of aryl methyl sites for hydroxylation is 1. The third-order valence-electron chi connectivity index (χ3n) is 3.92. The van der Waals surface area contributed by atoms with Gasteiger partial charge in [0.25, 0.3) is 0 Å². The summed E-state index contributed by atoms with van der Waals surface area (Å²) in [5.74, 6) is 0.301. The van der Waals surface area contributed by atoms with Crippen LogP contribution in [0.5, 0.6) is 11.5 Å². The maximum Gasteiger partial charge on any atom is 0.343 e. The molecule has 0 aliphatic heterocycles. The Labute approximate surface area is 149 Å². The van der Waals surface area contributed by atoms with Gasteiger partial charge in [0.1, 0.15) is 11.3 Å². The second-order valence-corrected chi connectivity index (χ2v) is 5.68. The molecule has 134 valence electrons. The van der Waals surface area contributed by atoms with Crippen molar-refractivity contribution in [2.45, 2.75) is 6.92 Å². The van der Waals surface area contributed by atoms with Gasteiger partial charge in [0.2, 0.25) is 11.2 Å². The Hall–Kier alpha value is -3.28. The summed E-state index contributed by atoms with van der Waals surface area (Å²) in [4.78, 5) is 24.3. The molecule has 3 aromatic rings. The van der Waals surface area contributed by atoms with E-state index in [0.29, 0.717) is 22.3 Å². The van der Waals surface area contributed by atoms with Crippen molar-refractivity contribution >= 4 is 16.9 Å². The van der Waals surface area contributed by atoms with Crippen LogP contribution in [-0.4, -0.2) is 26.8 Å². The van der Waals surface area contributed by atoms with E-state index >= 15 is 0 Å². The van der Waals surface area contributed by atoms with Gasteiger partial charge in [-0.1, -0.05) is 6.07 Å². The third-order valence-corrected chi connectivity index (χ3v) is 3.92. The van der Waals surface area contributed by atoms with E-state index in [1.165, 1.54) is 7.11 Å². The van der Waals surface area contributed by atoms with E-state index in [4.69, 9.17) is 13.9 Å². The molecule has 0 amide bonds. The summed E-state index contributed by atoms with van der Waals surface area (Å²) in [5, 5.41) is 0.382. The summed E-state index contributed by atoms with van der Waals surface area (Å²) in [6.07, 6.45) is 0. The zero-order valence-electron chi connectivity index (χ0n) is 14.7. The first-order valence-electron chi connectivity index (χ1n) is 7.95. The van der Waals surface area contributed by atoms with E-state index in [0.717, 1.165) is 5.56 Å². The molecular formula is C20H18O6. The molecule has 0 unspecified atom stereocenters. The van der Waals surface area contributed by atoms with Crippen molar-refractivity contribution in [2.24, 2.45) is 0 Å². The number of rotatable bonds is 5. The van der Waals surface area contributed by atoms with Crippen LogP contribution in [0.1, 0.15) is 5.56 Å². The van der Waals surface area contributed by atoms with Gasteiger partial charge in [-0.15, -0.1) is 0 Å². The van der Waals surface area contributed by atoms with Gasteiger partial charge in [-0.25, -0.2) is 4.79 Å². The Morgan fingerprint density at radius 3 is 2.46 bits per heavy atom. The highest BCUT2D eigenvalue weighted by molar-refractivity contribution is 5.83. The number of methoxy groups -OCH3 is 2. The van der Waals surface area contributed by atoms with Gasteiger partial charge in [-0.05, 0) is 48.9 Å². The molecule has 0 saturated carbocycles. The Morgan fingerprint density at radius 1 is 1.08 bits per heavy atom. The van der Waals surface area contributed by atoms with Crippen LogP contribution in [0, 0.1) is 6.92 Å². The number of ether oxygens (including phenoxy) is 3. The Balaban J connectivity index is 2.19. The molecule has 0 spiro atoms. The lowest BCUT2D eigenvalue weighted by Crippen LogP contribution is -2.17. The van der Waals surface area contributed by atoms with Gasteiger partial charge in [-0.3, -0.25) is 4.79 Å². The number of benzene rings is 2. The lowest BCUT2D eigenvalue weighted by atomic mass is 10.1. The predicted molar refractivity (Wildman–Crippen MR) is 96.7 cm³/mol. The summed E-state index contributed by atoms with van der Waals surface area (Å²) in [6, 6.07) is 12.3. The standard InChI is InChI=1S/C20H18O6/c1-12-4-9-15-16(10-12)26-19(13-5-7-14(23-2)8-6-13)20(18(15)22)25-11-17(21)24-3/h4-10H,11H2,1-3H3. The van der Waals surface area contributed by atoms with Crippen LogP contribution in [0.15, 0.2) is 51.7 Å². The molecule has 6 heteroatoms. The molecular weight excluding hydrogens is 336 g/mol. The summed E-state index contributed by atoms with van der Waals surface area (Å²) in [6.45, 7) is 1.52. The molecule has 0 aliphatic rings. The van der Waals surface area contributed by atoms with Crippen molar-refractivity contribution in [3.05, 3.63) is 58.3 Å². The van der Waals surface area contributed by atoms with Crippen LogP contribution in [0.3, 0.4) is 0 Å². The zero-order valence-corrected chi connectivity index (χ0v) is 14.7. The second-order valence-electron chi connectivity index (χ2n) is 5.68. The van der Waals surface area contributed by atoms with Crippen molar-refractivity contribution in [3.63, 3.8) is 0 Å². The SMILES string of the molecule is COC(=O)COc1c(-c2ccc(OC)cc2)oc2cc(C)ccc2c1=O. The Morgan fingerprint density at radius 2 is 1.81 bits per heavy atom. The van der Waals surface area contributed by atoms with Gasteiger partial charge in [-0.2, -0.15) is 0 Å². The molecule has 0 bridgehead atoms. The molecule has 0 aliphatic carbocycles. The predicted octanol–water partition coefficient (Wildman–Crippen LogP) is 3.33. The number of carbonyl (C=O) groups excluding carboxylic acids is 1. The summed E-state index contributed by atoms with van der Waals surface area (Å²) < 4.78 is 21.2. The number of fused-ring (bicyclic) bond motifs is 1. The van der Waals surface area contributed by atoms with Crippen LogP contribution in [0.25, 0.3) is 22.3 Å². The quantitative estimate of drug-likeness (QED) is 0.654. The summed E-state index contributed by atoms with van der Waals surface area (Å²) in [5.41, 5.74) is 1.70. The van der Waals surface area contributed by atoms with E-state index in [-0.39, 0.29) is 23.5 Å². The molecule has 26 heavy (non-hydrogen) atoms. The lowest BCUT2D eigenvalue weighted by Gasteiger charge is -2.11. The molecule has 0 atom stereocenters.